The summed E-state index contributed by atoms with van der Waals surface area (Å²) >= 11 is 4.62. The standard InChI is InChI=1S/C30H21BrN4O7S/c31-24-13-18(7-8-25(24)41-17-26(36)37)16-35-30(33-27(38)19-9-11-32-12-10-19)43-28(34-35)20-3-1-5-22(14-20)42-23-6-2-4-21(15-23)29(39)40/h1-15H,16-17H2,(H,36,37)(H,39,40). The zero-order chi connectivity index (χ0) is 30.3. The number of hydrogen-bond donors (Lipinski definition) is 2. The predicted octanol–water partition coefficient (Wildman–Crippen LogP) is 5.51. The van der Waals surface area contributed by atoms with E-state index in [1.165, 1.54) is 35.9 Å². The van der Waals surface area contributed by atoms with Gasteiger partial charge in [0.05, 0.1) is 16.6 Å². The molecular weight excluding hydrogens is 640 g/mol. The van der Waals surface area contributed by atoms with Crippen molar-refractivity contribution in [2.75, 3.05) is 6.61 Å². The Balaban J connectivity index is 1.48. The quantitative estimate of drug-likeness (QED) is 0.197. The first-order chi connectivity index (χ1) is 20.7. The van der Waals surface area contributed by atoms with E-state index in [1.807, 2.05) is 6.07 Å². The molecule has 0 aliphatic heterocycles. The summed E-state index contributed by atoms with van der Waals surface area (Å²) in [7, 11) is 0. The van der Waals surface area contributed by atoms with Crippen molar-refractivity contribution in [2.45, 2.75) is 6.54 Å². The van der Waals surface area contributed by atoms with Gasteiger partial charge in [-0.2, -0.15) is 10.1 Å². The molecule has 2 N–H and O–H groups in total. The number of halogens is 1. The molecule has 216 valence electrons. The molecule has 0 unspecified atom stereocenters. The Kier molecular flexibility index (Phi) is 9.03. The fourth-order valence-electron chi connectivity index (χ4n) is 3.85. The first-order valence-electron chi connectivity index (χ1n) is 12.6. The number of aromatic carboxylic acids is 1. The van der Waals surface area contributed by atoms with Crippen LogP contribution in [0.1, 0.15) is 26.3 Å². The van der Waals surface area contributed by atoms with Crippen LogP contribution in [0, 0.1) is 0 Å². The zero-order valence-electron chi connectivity index (χ0n) is 22.1. The Morgan fingerprint density at radius 2 is 1.65 bits per heavy atom. The van der Waals surface area contributed by atoms with Crippen molar-refractivity contribution in [1.29, 1.82) is 0 Å². The van der Waals surface area contributed by atoms with Crippen LogP contribution >= 0.6 is 27.3 Å². The molecule has 2 heterocycles. The summed E-state index contributed by atoms with van der Waals surface area (Å²) in [6.45, 7) is -0.231. The molecule has 5 rings (SSSR count). The molecule has 0 saturated heterocycles. The predicted molar refractivity (Wildman–Crippen MR) is 160 cm³/mol. The Morgan fingerprint density at radius 1 is 0.907 bits per heavy atom. The van der Waals surface area contributed by atoms with Gasteiger partial charge in [-0.1, -0.05) is 35.6 Å². The van der Waals surface area contributed by atoms with E-state index in [9.17, 15) is 19.5 Å². The molecule has 11 nitrogen and oxygen atoms in total. The highest BCUT2D eigenvalue weighted by atomic mass is 79.9. The van der Waals surface area contributed by atoms with Crippen LogP contribution in [-0.4, -0.2) is 49.4 Å². The first-order valence-corrected chi connectivity index (χ1v) is 14.2. The molecule has 5 aromatic rings. The minimum absolute atomic E-state index is 0.104. The molecule has 1 amide bonds. The highest BCUT2D eigenvalue weighted by molar-refractivity contribution is 9.10. The zero-order valence-corrected chi connectivity index (χ0v) is 24.5. The Labute approximate surface area is 256 Å². The summed E-state index contributed by atoms with van der Waals surface area (Å²) in [5, 5.41) is 23.5. The molecular formula is C30H21BrN4O7S. The number of carboxylic acid groups (broad SMARTS) is 2. The maximum atomic E-state index is 13.0. The van der Waals surface area contributed by atoms with Crippen molar-refractivity contribution in [3.8, 4) is 27.8 Å². The fraction of sp³-hybridized carbons (Fsp3) is 0.0667. The van der Waals surface area contributed by atoms with E-state index in [4.69, 9.17) is 19.7 Å². The molecule has 0 atom stereocenters. The Bertz CT molecular complexity index is 1890. The van der Waals surface area contributed by atoms with Crippen LogP contribution < -0.4 is 14.3 Å². The number of amides is 1. The number of ether oxygens (including phenoxy) is 2. The van der Waals surface area contributed by atoms with E-state index < -0.39 is 24.5 Å². The van der Waals surface area contributed by atoms with Gasteiger partial charge in [0, 0.05) is 23.5 Å². The highest BCUT2D eigenvalue weighted by Crippen LogP contribution is 2.29. The number of nitrogens with zero attached hydrogens (tertiary/aromatic N) is 4. The lowest BCUT2D eigenvalue weighted by Crippen LogP contribution is -2.19. The molecule has 0 radical (unpaired) electrons. The lowest BCUT2D eigenvalue weighted by atomic mass is 10.2. The van der Waals surface area contributed by atoms with Crippen LogP contribution in [0.3, 0.4) is 0 Å². The molecule has 13 heteroatoms. The van der Waals surface area contributed by atoms with E-state index in [0.717, 1.165) is 5.56 Å². The number of hydrogen-bond acceptors (Lipinski definition) is 8. The highest BCUT2D eigenvalue weighted by Gasteiger charge is 2.14. The fourth-order valence-corrected chi connectivity index (χ4v) is 5.29. The van der Waals surface area contributed by atoms with Crippen LogP contribution in [0.25, 0.3) is 10.6 Å². The smallest absolute Gasteiger partial charge is 0.341 e. The lowest BCUT2D eigenvalue weighted by Gasteiger charge is -2.08. The second-order valence-electron chi connectivity index (χ2n) is 8.91. The van der Waals surface area contributed by atoms with Crippen molar-refractivity contribution in [1.82, 2.24) is 14.8 Å². The molecule has 2 aromatic heterocycles. The van der Waals surface area contributed by atoms with Crippen molar-refractivity contribution in [3.63, 3.8) is 0 Å². The van der Waals surface area contributed by atoms with Crippen LogP contribution in [-0.2, 0) is 11.3 Å². The molecule has 0 aliphatic carbocycles. The average molecular weight is 661 g/mol. The van der Waals surface area contributed by atoms with Crippen molar-refractivity contribution < 1.29 is 34.1 Å². The molecule has 0 aliphatic rings. The van der Waals surface area contributed by atoms with E-state index in [1.54, 1.807) is 65.3 Å². The second kappa shape index (κ2) is 13.2. The lowest BCUT2D eigenvalue weighted by molar-refractivity contribution is -0.139. The van der Waals surface area contributed by atoms with Crippen LogP contribution in [0.15, 0.2) is 101 Å². The van der Waals surface area contributed by atoms with E-state index in [2.05, 4.69) is 25.9 Å². The first kappa shape index (κ1) is 29.4. The minimum Gasteiger partial charge on any atom is -0.481 e. The molecule has 3 aromatic carbocycles. The monoisotopic (exact) mass is 660 g/mol. The largest absolute Gasteiger partial charge is 0.481 e. The third kappa shape index (κ3) is 7.58. The van der Waals surface area contributed by atoms with Gasteiger partial charge in [-0.3, -0.25) is 9.78 Å². The molecule has 0 spiro atoms. The van der Waals surface area contributed by atoms with Gasteiger partial charge in [-0.05, 0) is 76.1 Å². The third-order valence-corrected chi connectivity index (χ3v) is 7.44. The number of rotatable bonds is 10. The maximum Gasteiger partial charge on any atom is 0.341 e. The van der Waals surface area contributed by atoms with Crippen molar-refractivity contribution in [2.24, 2.45) is 4.99 Å². The van der Waals surface area contributed by atoms with Crippen molar-refractivity contribution >= 4 is 45.1 Å². The van der Waals surface area contributed by atoms with Crippen LogP contribution in [0.2, 0.25) is 0 Å². The van der Waals surface area contributed by atoms with Gasteiger partial charge in [0.25, 0.3) is 5.91 Å². The molecule has 0 saturated carbocycles. The van der Waals surface area contributed by atoms with Gasteiger partial charge in [0.1, 0.15) is 22.3 Å². The topological polar surface area (TPSA) is 153 Å². The number of aliphatic carboxylic acids is 1. The summed E-state index contributed by atoms with van der Waals surface area (Å²) in [5.74, 6) is -1.40. The van der Waals surface area contributed by atoms with Gasteiger partial charge in [0.2, 0.25) is 4.80 Å². The Hall–Kier alpha value is -5.14. The minimum atomic E-state index is -1.09. The third-order valence-electron chi connectivity index (χ3n) is 5.82. The Morgan fingerprint density at radius 3 is 2.37 bits per heavy atom. The van der Waals surface area contributed by atoms with E-state index in [-0.39, 0.29) is 12.1 Å². The van der Waals surface area contributed by atoms with Gasteiger partial charge >= 0.3 is 11.9 Å². The molecule has 0 bridgehead atoms. The second-order valence-corrected chi connectivity index (χ2v) is 10.7. The molecule has 0 fully saturated rings. The number of pyridine rings is 1. The van der Waals surface area contributed by atoms with Gasteiger partial charge < -0.3 is 19.7 Å². The summed E-state index contributed by atoms with van der Waals surface area (Å²) in [4.78, 5) is 43.8. The van der Waals surface area contributed by atoms with Crippen molar-refractivity contribution in [3.05, 3.63) is 117 Å². The van der Waals surface area contributed by atoms with Gasteiger partial charge in [-0.15, -0.1) is 0 Å². The summed E-state index contributed by atoms with van der Waals surface area (Å²) in [5.41, 5.74) is 1.97. The van der Waals surface area contributed by atoms with Crippen LogP contribution in [0.4, 0.5) is 0 Å². The SMILES string of the molecule is O=C(O)COc1ccc(Cn2nc(-c3cccc(Oc4cccc(C(=O)O)c4)c3)sc2=NC(=O)c2ccncc2)cc1Br. The summed E-state index contributed by atoms with van der Waals surface area (Å²) in [6, 6.07) is 21.6. The maximum absolute atomic E-state index is 13.0. The number of carbonyl (C=O) groups excluding carboxylic acids is 1. The number of benzene rings is 3. The van der Waals surface area contributed by atoms with Gasteiger partial charge in [-0.25, -0.2) is 14.3 Å². The van der Waals surface area contributed by atoms with Crippen LogP contribution in [0.5, 0.6) is 17.2 Å². The number of carbonyl (C=O) groups is 3. The van der Waals surface area contributed by atoms with E-state index >= 15 is 0 Å². The number of carboxylic acids is 2. The number of aromatic nitrogens is 3. The molecule has 43 heavy (non-hydrogen) atoms. The summed E-state index contributed by atoms with van der Waals surface area (Å²) < 4.78 is 13.4. The summed E-state index contributed by atoms with van der Waals surface area (Å²) in [6.07, 6.45) is 3.02. The van der Waals surface area contributed by atoms with Gasteiger partial charge in [0.15, 0.2) is 6.61 Å². The average Bonchev–Trinajstić information content (AvgIpc) is 3.39. The van der Waals surface area contributed by atoms with E-state index in [0.29, 0.717) is 42.7 Å². The normalized spacial score (nSPS) is 11.2.